The molecule has 1 aliphatic heterocycles. The lowest BCUT2D eigenvalue weighted by atomic mass is 10.1. The highest BCUT2D eigenvalue weighted by Gasteiger charge is 2.37. The quantitative estimate of drug-likeness (QED) is 0.493. The number of hydrogen-bond donors (Lipinski definition) is 0. The van der Waals surface area contributed by atoms with E-state index in [4.69, 9.17) is 17.0 Å². The fourth-order valence-electron chi connectivity index (χ4n) is 2.36. The number of rotatable bonds is 8. The Labute approximate surface area is 160 Å². The van der Waals surface area contributed by atoms with E-state index >= 15 is 0 Å². The number of ether oxygens (including phenoxy) is 1. The molecule has 25 heavy (non-hydrogen) atoms. The fourth-order valence-corrected chi connectivity index (χ4v) is 4.16. The molecule has 0 aromatic heterocycles. The average Bonchev–Trinajstić information content (AvgIpc) is 2.84. The van der Waals surface area contributed by atoms with Crippen LogP contribution in [0.15, 0.2) is 29.2 Å². The van der Waals surface area contributed by atoms with Gasteiger partial charge in [0.25, 0.3) is 5.91 Å². The van der Waals surface area contributed by atoms with Crippen molar-refractivity contribution in [3.63, 3.8) is 0 Å². The number of thioether (sulfide) groups is 2. The molecule has 0 bridgehead atoms. The van der Waals surface area contributed by atoms with Gasteiger partial charge in [-0.15, -0.1) is 0 Å². The summed E-state index contributed by atoms with van der Waals surface area (Å²) in [6.45, 7) is 2.39. The van der Waals surface area contributed by atoms with E-state index in [0.717, 1.165) is 22.2 Å². The van der Waals surface area contributed by atoms with Crippen molar-refractivity contribution in [2.75, 3.05) is 18.6 Å². The minimum Gasteiger partial charge on any atom is -0.548 e. The third-order valence-corrected chi connectivity index (χ3v) is 5.48. The van der Waals surface area contributed by atoms with Crippen LogP contribution in [0.2, 0.25) is 0 Å². The molecule has 1 fully saturated rings. The Morgan fingerprint density at radius 3 is 2.84 bits per heavy atom. The van der Waals surface area contributed by atoms with Crippen LogP contribution in [0.4, 0.5) is 0 Å². The van der Waals surface area contributed by atoms with Gasteiger partial charge in [0, 0.05) is 5.56 Å². The molecule has 1 amide bonds. The number of nitrogens with zero attached hydrogens (tertiary/aromatic N) is 1. The van der Waals surface area contributed by atoms with Gasteiger partial charge in [-0.25, -0.2) is 0 Å². The molecule has 8 heteroatoms. The average molecular weight is 397 g/mol. The van der Waals surface area contributed by atoms with Gasteiger partial charge in [-0.1, -0.05) is 42.2 Å². The number of carbonyl (C=O) groups is 2. The first-order valence-corrected chi connectivity index (χ1v) is 10.3. The minimum atomic E-state index is -1.29. The molecule has 1 aliphatic rings. The van der Waals surface area contributed by atoms with Gasteiger partial charge in [-0.05, 0) is 37.5 Å². The number of benzene rings is 1. The highest BCUT2D eigenvalue weighted by Crippen LogP contribution is 2.36. The zero-order chi connectivity index (χ0) is 18.4. The van der Waals surface area contributed by atoms with Crippen molar-refractivity contribution in [1.82, 2.24) is 4.90 Å². The molecule has 0 saturated carbocycles. The SMILES string of the molecule is CCOc1ccccc1/C=C1/SC(=S)N([C@H](CCSC)C(=O)[O-])C1=O. The van der Waals surface area contributed by atoms with Gasteiger partial charge >= 0.3 is 0 Å². The van der Waals surface area contributed by atoms with E-state index in [9.17, 15) is 14.7 Å². The molecule has 0 unspecified atom stereocenters. The number of thiocarbonyl (C=S) groups is 1. The van der Waals surface area contributed by atoms with E-state index in [1.807, 2.05) is 37.4 Å². The van der Waals surface area contributed by atoms with Crippen molar-refractivity contribution in [2.24, 2.45) is 0 Å². The first-order valence-electron chi connectivity index (χ1n) is 7.68. The smallest absolute Gasteiger partial charge is 0.266 e. The summed E-state index contributed by atoms with van der Waals surface area (Å²) < 4.78 is 5.79. The molecule has 1 heterocycles. The highest BCUT2D eigenvalue weighted by molar-refractivity contribution is 8.26. The first kappa shape index (κ1) is 19.8. The second kappa shape index (κ2) is 9.26. The van der Waals surface area contributed by atoms with Crippen LogP contribution in [0, 0.1) is 0 Å². The third kappa shape index (κ3) is 4.77. The Hall–Kier alpha value is -1.51. The number of carboxylic acids is 1. The van der Waals surface area contributed by atoms with Crippen LogP contribution < -0.4 is 9.84 Å². The molecular formula is C17H18NO4S3-. The Morgan fingerprint density at radius 2 is 2.20 bits per heavy atom. The van der Waals surface area contributed by atoms with E-state index in [2.05, 4.69) is 0 Å². The topological polar surface area (TPSA) is 69.7 Å². The normalized spacial score (nSPS) is 17.2. The van der Waals surface area contributed by atoms with Crippen LogP contribution in [-0.2, 0) is 9.59 Å². The van der Waals surface area contributed by atoms with Crippen molar-refractivity contribution in [3.8, 4) is 5.75 Å². The second-order valence-electron chi connectivity index (χ2n) is 5.14. The van der Waals surface area contributed by atoms with Crippen LogP contribution >= 0.6 is 35.7 Å². The highest BCUT2D eigenvalue weighted by atomic mass is 32.2. The monoisotopic (exact) mass is 396 g/mol. The lowest BCUT2D eigenvalue weighted by molar-refractivity contribution is -0.310. The Balaban J connectivity index is 2.30. The molecule has 1 aromatic rings. The van der Waals surface area contributed by atoms with Crippen molar-refractivity contribution in [3.05, 3.63) is 34.7 Å². The maximum atomic E-state index is 12.7. The minimum absolute atomic E-state index is 0.237. The van der Waals surface area contributed by atoms with Gasteiger partial charge in [0.15, 0.2) is 0 Å². The standard InChI is InChI=1S/C17H19NO4S3/c1-3-22-13-7-5-4-6-11(13)10-14-15(19)18(17(23)25-14)12(16(20)21)8-9-24-2/h4-7,10,12H,3,8-9H2,1-2H3,(H,20,21)/p-1/b14-10+/t12-/m1/s1. The molecule has 1 aromatic carbocycles. The largest absolute Gasteiger partial charge is 0.548 e. The van der Waals surface area contributed by atoms with Gasteiger partial charge < -0.3 is 14.6 Å². The molecular weight excluding hydrogens is 378 g/mol. The summed E-state index contributed by atoms with van der Waals surface area (Å²) in [6, 6.07) is 6.30. The fraction of sp³-hybridized carbons (Fsp3) is 0.353. The summed E-state index contributed by atoms with van der Waals surface area (Å²) >= 11 is 7.85. The second-order valence-corrected chi connectivity index (χ2v) is 7.80. The van der Waals surface area contributed by atoms with Crippen LogP contribution in [0.25, 0.3) is 6.08 Å². The summed E-state index contributed by atoms with van der Waals surface area (Å²) in [7, 11) is 0. The maximum absolute atomic E-state index is 12.7. The lowest BCUT2D eigenvalue weighted by Crippen LogP contribution is -2.50. The van der Waals surface area contributed by atoms with Gasteiger partial charge in [-0.3, -0.25) is 9.69 Å². The van der Waals surface area contributed by atoms with E-state index in [1.54, 1.807) is 6.08 Å². The Bertz CT molecular complexity index is 705. The predicted octanol–water partition coefficient (Wildman–Crippen LogP) is 2.16. The molecule has 0 spiro atoms. The molecule has 5 nitrogen and oxygen atoms in total. The molecule has 1 atom stereocenters. The van der Waals surface area contributed by atoms with Crippen molar-refractivity contribution >= 4 is 58.0 Å². The van der Waals surface area contributed by atoms with E-state index in [0.29, 0.717) is 29.4 Å². The summed E-state index contributed by atoms with van der Waals surface area (Å²) in [5, 5.41) is 11.5. The molecule has 0 radical (unpaired) electrons. The first-order chi connectivity index (χ1) is 12.0. The number of carboxylic acid groups (broad SMARTS) is 1. The lowest BCUT2D eigenvalue weighted by Gasteiger charge is -2.27. The van der Waals surface area contributed by atoms with Crippen LogP contribution in [0.1, 0.15) is 18.9 Å². The third-order valence-electron chi connectivity index (χ3n) is 3.51. The summed E-state index contributed by atoms with van der Waals surface area (Å²) in [5.41, 5.74) is 0.749. The molecule has 0 N–H and O–H groups in total. The predicted molar refractivity (Wildman–Crippen MR) is 104 cm³/mol. The number of aliphatic carboxylic acids is 1. The van der Waals surface area contributed by atoms with Crippen LogP contribution in [-0.4, -0.2) is 45.8 Å². The Kier molecular flexibility index (Phi) is 7.34. The van der Waals surface area contributed by atoms with Crippen LogP contribution in [0.5, 0.6) is 5.75 Å². The summed E-state index contributed by atoms with van der Waals surface area (Å²) in [6.07, 6.45) is 3.85. The number of carbonyl (C=O) groups excluding carboxylic acids is 2. The zero-order valence-corrected chi connectivity index (χ0v) is 16.3. The van der Waals surface area contributed by atoms with Gasteiger partial charge in [0.1, 0.15) is 10.1 Å². The Morgan fingerprint density at radius 1 is 1.48 bits per heavy atom. The number of hydrogen-bond acceptors (Lipinski definition) is 7. The van der Waals surface area contributed by atoms with Gasteiger partial charge in [0.2, 0.25) is 0 Å². The summed E-state index contributed by atoms with van der Waals surface area (Å²) in [5.74, 6) is -0.436. The number of para-hydroxylation sites is 1. The molecule has 2 rings (SSSR count). The van der Waals surface area contributed by atoms with Crippen molar-refractivity contribution in [1.29, 1.82) is 0 Å². The van der Waals surface area contributed by atoms with Gasteiger partial charge in [0.05, 0.1) is 23.5 Å². The number of amides is 1. The van der Waals surface area contributed by atoms with Gasteiger partial charge in [-0.2, -0.15) is 11.8 Å². The van der Waals surface area contributed by atoms with Crippen molar-refractivity contribution in [2.45, 2.75) is 19.4 Å². The molecule has 1 saturated heterocycles. The molecule has 0 aliphatic carbocycles. The molecule has 134 valence electrons. The van der Waals surface area contributed by atoms with E-state index in [1.165, 1.54) is 11.8 Å². The van der Waals surface area contributed by atoms with Crippen molar-refractivity contribution < 1.29 is 19.4 Å². The maximum Gasteiger partial charge on any atom is 0.266 e. The van der Waals surface area contributed by atoms with E-state index in [-0.39, 0.29) is 4.32 Å². The van der Waals surface area contributed by atoms with E-state index < -0.39 is 17.9 Å². The zero-order valence-electron chi connectivity index (χ0n) is 13.9. The summed E-state index contributed by atoms with van der Waals surface area (Å²) in [4.78, 5) is 25.7. The van der Waals surface area contributed by atoms with Crippen LogP contribution in [0.3, 0.4) is 0 Å².